The van der Waals surface area contributed by atoms with Gasteiger partial charge < -0.3 is 15.1 Å². The smallest absolute Gasteiger partial charge is 0.308 e. The monoisotopic (exact) mass is 267 g/mol. The predicted octanol–water partition coefficient (Wildman–Crippen LogP) is 1.47. The lowest BCUT2D eigenvalue weighted by Gasteiger charge is -2.30. The molecule has 0 spiro atoms. The number of carbonyl (C=O) groups excluding carboxylic acids is 1. The molecule has 5 nitrogen and oxygen atoms in total. The van der Waals surface area contributed by atoms with Crippen LogP contribution in [0.5, 0.6) is 5.75 Å². The van der Waals surface area contributed by atoms with Crippen LogP contribution in [-0.4, -0.2) is 40.1 Å². The second kappa shape index (κ2) is 5.26. The summed E-state index contributed by atoms with van der Waals surface area (Å²) in [7, 11) is 0. The summed E-state index contributed by atoms with van der Waals surface area (Å²) >= 11 is 0. The van der Waals surface area contributed by atoms with E-state index in [1.807, 2.05) is 0 Å². The fourth-order valence-corrected chi connectivity index (χ4v) is 2.21. The van der Waals surface area contributed by atoms with E-state index in [0.717, 1.165) is 6.07 Å². The fraction of sp³-hybridized carbons (Fsp3) is 0.385. The Kier molecular flexibility index (Phi) is 3.69. The lowest BCUT2D eigenvalue weighted by molar-refractivity contribution is -0.143. The minimum absolute atomic E-state index is 0.0917. The van der Waals surface area contributed by atoms with E-state index < -0.39 is 23.6 Å². The van der Waals surface area contributed by atoms with Crippen LogP contribution in [0.15, 0.2) is 18.2 Å². The maximum Gasteiger partial charge on any atom is 0.308 e. The molecule has 1 heterocycles. The Balaban J connectivity index is 2.17. The molecule has 102 valence electrons. The first-order chi connectivity index (χ1) is 8.99. The van der Waals surface area contributed by atoms with Gasteiger partial charge in [-0.15, -0.1) is 0 Å². The first-order valence-electron chi connectivity index (χ1n) is 5.99. The molecule has 0 saturated carbocycles. The van der Waals surface area contributed by atoms with E-state index in [9.17, 15) is 14.0 Å². The standard InChI is InChI=1S/C13H14FNO4/c14-11-6-9(16)3-4-10(11)12(17)15-5-1-2-8(7-15)13(18)19/h3-4,6,8,16H,1-2,5,7H2,(H,18,19)/t8-/m1/s1. The van der Waals surface area contributed by atoms with Gasteiger partial charge in [0.2, 0.25) is 0 Å². The number of phenolic OH excluding ortho intramolecular Hbond substituents is 1. The highest BCUT2D eigenvalue weighted by atomic mass is 19.1. The van der Waals surface area contributed by atoms with Crippen molar-refractivity contribution in [1.29, 1.82) is 0 Å². The zero-order chi connectivity index (χ0) is 14.0. The average Bonchev–Trinajstić information content (AvgIpc) is 2.38. The van der Waals surface area contributed by atoms with Gasteiger partial charge in [-0.05, 0) is 25.0 Å². The third kappa shape index (κ3) is 2.83. The van der Waals surface area contributed by atoms with Crippen LogP contribution in [0, 0.1) is 11.7 Å². The average molecular weight is 267 g/mol. The topological polar surface area (TPSA) is 77.8 Å². The molecule has 0 bridgehead atoms. The van der Waals surface area contributed by atoms with Crippen molar-refractivity contribution in [3.05, 3.63) is 29.6 Å². The molecule has 1 aromatic carbocycles. The van der Waals surface area contributed by atoms with Gasteiger partial charge in [0.05, 0.1) is 11.5 Å². The summed E-state index contributed by atoms with van der Waals surface area (Å²) in [5.74, 6) is -3.14. The van der Waals surface area contributed by atoms with Crippen LogP contribution >= 0.6 is 0 Å². The molecule has 1 fully saturated rings. The highest BCUT2D eigenvalue weighted by molar-refractivity contribution is 5.95. The van der Waals surface area contributed by atoms with Crippen LogP contribution in [0.2, 0.25) is 0 Å². The van der Waals surface area contributed by atoms with Crippen molar-refractivity contribution in [3.63, 3.8) is 0 Å². The van der Waals surface area contributed by atoms with Crippen LogP contribution in [0.3, 0.4) is 0 Å². The molecule has 1 saturated heterocycles. The highest BCUT2D eigenvalue weighted by Gasteiger charge is 2.29. The Hall–Kier alpha value is -2.11. The molecule has 1 atom stereocenters. The molecule has 0 aliphatic carbocycles. The number of phenols is 1. The molecule has 2 N–H and O–H groups in total. The lowest BCUT2D eigenvalue weighted by atomic mass is 9.97. The molecule has 1 aromatic rings. The Bertz CT molecular complexity index is 517. The van der Waals surface area contributed by atoms with Gasteiger partial charge in [-0.3, -0.25) is 9.59 Å². The summed E-state index contributed by atoms with van der Waals surface area (Å²) in [5, 5.41) is 18.1. The summed E-state index contributed by atoms with van der Waals surface area (Å²) in [5.41, 5.74) is -0.149. The number of carbonyl (C=O) groups is 2. The maximum absolute atomic E-state index is 13.6. The number of nitrogens with zero attached hydrogens (tertiary/aromatic N) is 1. The zero-order valence-electron chi connectivity index (χ0n) is 10.2. The van der Waals surface area contributed by atoms with Crippen LogP contribution < -0.4 is 0 Å². The molecular formula is C13H14FNO4. The number of benzene rings is 1. The van der Waals surface area contributed by atoms with E-state index in [-0.39, 0.29) is 17.9 Å². The third-order valence-corrected chi connectivity index (χ3v) is 3.24. The molecule has 1 aliphatic rings. The quantitative estimate of drug-likeness (QED) is 0.850. The number of amides is 1. The number of carboxylic acid groups (broad SMARTS) is 1. The van der Waals surface area contributed by atoms with E-state index in [2.05, 4.69) is 0 Å². The molecule has 19 heavy (non-hydrogen) atoms. The van der Waals surface area contributed by atoms with E-state index in [1.165, 1.54) is 17.0 Å². The molecule has 0 radical (unpaired) electrons. The number of hydrogen-bond acceptors (Lipinski definition) is 3. The highest BCUT2D eigenvalue weighted by Crippen LogP contribution is 2.21. The lowest BCUT2D eigenvalue weighted by Crippen LogP contribution is -2.42. The third-order valence-electron chi connectivity index (χ3n) is 3.24. The summed E-state index contributed by atoms with van der Waals surface area (Å²) in [4.78, 5) is 24.4. The van der Waals surface area contributed by atoms with Crippen molar-refractivity contribution in [2.24, 2.45) is 5.92 Å². The van der Waals surface area contributed by atoms with Gasteiger partial charge in [-0.2, -0.15) is 0 Å². The van der Waals surface area contributed by atoms with E-state index in [4.69, 9.17) is 10.2 Å². The Morgan fingerprint density at radius 1 is 1.37 bits per heavy atom. The van der Waals surface area contributed by atoms with Gasteiger partial charge in [0.1, 0.15) is 11.6 Å². The molecule has 6 heteroatoms. The number of carboxylic acids is 1. The van der Waals surface area contributed by atoms with Crippen LogP contribution in [0.25, 0.3) is 0 Å². The Morgan fingerprint density at radius 3 is 2.74 bits per heavy atom. The van der Waals surface area contributed by atoms with Gasteiger partial charge in [0, 0.05) is 19.2 Å². The number of piperidine rings is 1. The molecule has 1 amide bonds. The van der Waals surface area contributed by atoms with Crippen molar-refractivity contribution in [1.82, 2.24) is 4.90 Å². The maximum atomic E-state index is 13.6. The summed E-state index contributed by atoms with van der Waals surface area (Å²) in [6.45, 7) is 0.511. The number of halogens is 1. The normalized spacial score (nSPS) is 19.2. The first-order valence-corrected chi connectivity index (χ1v) is 5.99. The predicted molar refractivity (Wildman–Crippen MR) is 64.3 cm³/mol. The second-order valence-corrected chi connectivity index (χ2v) is 4.59. The Labute approximate surface area is 109 Å². The summed E-state index contributed by atoms with van der Waals surface area (Å²) in [6, 6.07) is 3.30. The molecular weight excluding hydrogens is 253 g/mol. The van der Waals surface area contributed by atoms with E-state index in [0.29, 0.717) is 19.4 Å². The first kappa shape index (κ1) is 13.3. The van der Waals surface area contributed by atoms with E-state index >= 15 is 0 Å². The largest absolute Gasteiger partial charge is 0.508 e. The van der Waals surface area contributed by atoms with Crippen LogP contribution in [0.4, 0.5) is 4.39 Å². The van der Waals surface area contributed by atoms with Crippen molar-refractivity contribution >= 4 is 11.9 Å². The van der Waals surface area contributed by atoms with Crippen molar-refractivity contribution in [3.8, 4) is 5.75 Å². The van der Waals surface area contributed by atoms with Gasteiger partial charge in [0.15, 0.2) is 0 Å². The van der Waals surface area contributed by atoms with Gasteiger partial charge >= 0.3 is 5.97 Å². The van der Waals surface area contributed by atoms with E-state index in [1.54, 1.807) is 0 Å². The number of aromatic hydroxyl groups is 1. The number of likely N-dealkylation sites (tertiary alicyclic amines) is 1. The summed E-state index contributed by atoms with van der Waals surface area (Å²) < 4.78 is 13.6. The number of hydrogen-bond donors (Lipinski definition) is 2. The zero-order valence-corrected chi connectivity index (χ0v) is 10.2. The number of aliphatic carboxylic acids is 1. The van der Waals surface area contributed by atoms with Gasteiger partial charge in [-0.25, -0.2) is 4.39 Å². The fourth-order valence-electron chi connectivity index (χ4n) is 2.21. The van der Waals surface area contributed by atoms with Crippen LogP contribution in [-0.2, 0) is 4.79 Å². The SMILES string of the molecule is O=C(O)[C@@H]1CCCN(C(=O)c2ccc(O)cc2F)C1. The molecule has 0 unspecified atom stereocenters. The van der Waals surface area contributed by atoms with Gasteiger partial charge in [0.25, 0.3) is 5.91 Å². The Morgan fingerprint density at radius 2 is 2.11 bits per heavy atom. The molecule has 0 aromatic heterocycles. The summed E-state index contributed by atoms with van der Waals surface area (Å²) in [6.07, 6.45) is 1.11. The second-order valence-electron chi connectivity index (χ2n) is 4.59. The van der Waals surface area contributed by atoms with Gasteiger partial charge in [-0.1, -0.05) is 0 Å². The molecule has 1 aliphatic heterocycles. The minimum atomic E-state index is -0.941. The van der Waals surface area contributed by atoms with Crippen molar-refractivity contribution < 1.29 is 24.2 Å². The van der Waals surface area contributed by atoms with Crippen molar-refractivity contribution in [2.75, 3.05) is 13.1 Å². The van der Waals surface area contributed by atoms with Crippen molar-refractivity contribution in [2.45, 2.75) is 12.8 Å². The molecule has 2 rings (SSSR count). The number of rotatable bonds is 2. The minimum Gasteiger partial charge on any atom is -0.508 e. The van der Waals surface area contributed by atoms with Crippen LogP contribution in [0.1, 0.15) is 23.2 Å².